The van der Waals surface area contributed by atoms with E-state index < -0.39 is 39.7 Å². The number of carboxylic acid groups (broad SMARTS) is 3. The Morgan fingerprint density at radius 1 is 0.619 bits per heavy atom. The van der Waals surface area contributed by atoms with Gasteiger partial charge in [0, 0.05) is 6.42 Å². The largest absolute Gasteiger partial charge is 1.00 e. The molecule has 0 aliphatic carbocycles. The number of unbranched alkanes of at least 4 members (excludes halogenated alkanes) is 16. The van der Waals surface area contributed by atoms with Crippen LogP contribution in [0.3, 0.4) is 0 Å². The average molecular weight is 659 g/mol. The van der Waals surface area contributed by atoms with E-state index in [1.807, 2.05) is 0 Å². The van der Waals surface area contributed by atoms with Gasteiger partial charge in [-0.05, 0) is 6.42 Å². The van der Waals surface area contributed by atoms with E-state index in [4.69, 9.17) is 14.8 Å². The molecule has 9 nitrogen and oxygen atoms in total. The fraction of sp³-hybridized carbons (Fsp3) is 0.900. The molecule has 1 atom stereocenters. The third-order valence-electron chi connectivity index (χ3n) is 6.68. The fourth-order valence-electron chi connectivity index (χ4n) is 4.15. The van der Waals surface area contributed by atoms with Gasteiger partial charge in [-0.1, -0.05) is 45.4 Å². The van der Waals surface area contributed by atoms with Crippen molar-refractivity contribution in [2.75, 3.05) is 0 Å². The van der Waals surface area contributed by atoms with Gasteiger partial charge in [0.15, 0.2) is 0 Å². The fourth-order valence-corrected chi connectivity index (χ4v) is 7.50. The van der Waals surface area contributed by atoms with Gasteiger partial charge < -0.3 is 20.1 Å². The summed E-state index contributed by atoms with van der Waals surface area (Å²) in [6.07, 6.45) is 25.3. The van der Waals surface area contributed by atoms with Gasteiger partial charge in [-0.25, -0.2) is 0 Å². The van der Waals surface area contributed by atoms with E-state index in [0.717, 1.165) is 12.8 Å². The van der Waals surface area contributed by atoms with E-state index in [0.29, 0.717) is 6.42 Å². The molecule has 0 saturated heterocycles. The van der Waals surface area contributed by atoms with Crippen molar-refractivity contribution >= 4 is 61.9 Å². The first-order valence-electron chi connectivity index (χ1n) is 16.0. The Morgan fingerprint density at radius 3 is 1.21 bits per heavy atom. The number of carboxylic acids is 3. The van der Waals surface area contributed by atoms with Crippen LogP contribution < -0.4 is 34.7 Å². The van der Waals surface area contributed by atoms with Crippen molar-refractivity contribution < 1.29 is 72.2 Å². The number of carbonyl (C=O) groups is 3. The number of hydrogen-bond donors (Lipinski definition) is 3. The van der Waals surface area contributed by atoms with E-state index in [9.17, 15) is 27.9 Å². The van der Waals surface area contributed by atoms with E-state index in [1.54, 1.807) is 17.9 Å². The summed E-state index contributed by atoms with van der Waals surface area (Å²) in [6.45, 7) is 6.80. The van der Waals surface area contributed by atoms with Crippen LogP contribution in [-0.4, -0.2) is 80.2 Å². The molecule has 0 aromatic carbocycles. The van der Waals surface area contributed by atoms with Crippen molar-refractivity contribution in [2.45, 2.75) is 166 Å². The quantitative estimate of drug-likeness (QED) is 0.0708. The molecule has 0 amide bonds. The summed E-state index contributed by atoms with van der Waals surface area (Å²) < 4.78 is 31.9. The van der Waals surface area contributed by atoms with E-state index in [2.05, 4.69) is 20.8 Å². The molecule has 12 heteroatoms. The molecule has 0 aliphatic rings. The smallest absolute Gasteiger partial charge is 0.549 e. The number of rotatable bonds is 26. The molecule has 0 aliphatic heterocycles. The van der Waals surface area contributed by atoms with Gasteiger partial charge in [0.1, 0.15) is 5.25 Å². The van der Waals surface area contributed by atoms with E-state index in [1.165, 1.54) is 96.3 Å². The Bertz CT molecular complexity index is 708. The third-order valence-corrected chi connectivity index (χ3v) is 10.9. The van der Waals surface area contributed by atoms with E-state index in [-0.39, 0.29) is 63.4 Å². The van der Waals surface area contributed by atoms with E-state index >= 15 is 0 Å². The van der Waals surface area contributed by atoms with Gasteiger partial charge in [-0.2, -0.15) is 8.42 Å². The molecule has 0 spiro atoms. The SMILES string of the molecule is CCCCCCCCCC(=O)O.CCCCCCC[CH2][Ca][CH2]CCCCCCC.O=C(O)CC(C(=O)[O-])S(=O)(=O)O.[Na+]. The van der Waals surface area contributed by atoms with Crippen LogP contribution in [0.1, 0.15) is 156 Å². The molecule has 0 aromatic heterocycles. The van der Waals surface area contributed by atoms with Crippen molar-refractivity contribution in [2.24, 2.45) is 0 Å². The molecule has 3 N–H and O–H groups in total. The topological polar surface area (TPSA) is 169 Å². The molecule has 0 bridgehead atoms. The summed E-state index contributed by atoms with van der Waals surface area (Å²) >= 11 is -0.0720. The molecular formula is C30H59CaNaO9S. The van der Waals surface area contributed by atoms with Crippen LogP contribution >= 0.6 is 0 Å². The molecule has 0 fully saturated rings. The predicted molar refractivity (Wildman–Crippen MR) is 165 cm³/mol. The molecule has 0 heterocycles. The average Bonchev–Trinajstić information content (AvgIpc) is 2.89. The van der Waals surface area contributed by atoms with Crippen molar-refractivity contribution in [3.63, 3.8) is 0 Å². The molecule has 42 heavy (non-hydrogen) atoms. The summed E-state index contributed by atoms with van der Waals surface area (Å²) in [7, 11) is -4.90. The zero-order valence-corrected chi connectivity index (χ0v) is 32.3. The maximum Gasteiger partial charge on any atom is 1.00 e. The Kier molecular flexibility index (Phi) is 44.5. The normalized spacial score (nSPS) is 11.0. The Balaban J connectivity index is -0.000000261. The van der Waals surface area contributed by atoms with Crippen LogP contribution in [0.4, 0.5) is 0 Å². The maximum absolute atomic E-state index is 10.2. The van der Waals surface area contributed by atoms with Crippen LogP contribution in [0.25, 0.3) is 0 Å². The zero-order valence-electron chi connectivity index (χ0n) is 27.2. The van der Waals surface area contributed by atoms with Crippen molar-refractivity contribution in [3.8, 4) is 0 Å². The molecule has 242 valence electrons. The molecular weight excluding hydrogens is 599 g/mol. The monoisotopic (exact) mass is 658 g/mol. The summed E-state index contributed by atoms with van der Waals surface area (Å²) in [5, 5.41) is 23.9. The first-order valence-corrected chi connectivity index (χ1v) is 20.7. The van der Waals surface area contributed by atoms with Crippen LogP contribution in [0, 0.1) is 0 Å². The van der Waals surface area contributed by atoms with Gasteiger partial charge in [-0.15, -0.1) is 0 Å². The van der Waals surface area contributed by atoms with Crippen molar-refractivity contribution in [3.05, 3.63) is 0 Å². The standard InChI is InChI=1S/C10H20O2.2C8H17.C4H6O7S.Ca.Na/c1-2-3-4-5-6-7-8-9-10(11)12;2*1-3-5-7-8-6-4-2;5-3(6)1-2(4(7)8)12(9,10)11;;/h2-9H2,1H3,(H,11,12);2*1,3-8H2,2H3;2H,1H2,(H,5,6)(H,7,8)(H,9,10,11);;/q;;;;;+1/p-1. The summed E-state index contributed by atoms with van der Waals surface area (Å²) in [6, 6.07) is 0. The van der Waals surface area contributed by atoms with Crippen LogP contribution in [0.2, 0.25) is 5.04 Å². The second kappa shape index (κ2) is 37.8. The molecule has 0 radical (unpaired) electrons. The zero-order chi connectivity index (χ0) is 31.8. The number of carbonyl (C=O) groups excluding carboxylic acids is 1. The second-order valence-corrected chi connectivity index (χ2v) is 15.7. The predicted octanol–water partition coefficient (Wildman–Crippen LogP) is 3.93. The minimum absolute atomic E-state index is 0. The van der Waals surface area contributed by atoms with Crippen molar-refractivity contribution in [1.29, 1.82) is 0 Å². The molecule has 0 saturated carbocycles. The van der Waals surface area contributed by atoms with Crippen molar-refractivity contribution in [1.82, 2.24) is 0 Å². The van der Waals surface area contributed by atoms with Gasteiger partial charge >= 0.3 is 171 Å². The minimum Gasteiger partial charge on any atom is -0.549 e. The second-order valence-electron chi connectivity index (χ2n) is 10.8. The summed E-state index contributed by atoms with van der Waals surface area (Å²) in [5.74, 6) is -4.45. The van der Waals surface area contributed by atoms with Crippen LogP contribution in [0.15, 0.2) is 0 Å². The Labute approximate surface area is 297 Å². The Hall–Kier alpha value is 0.580. The maximum atomic E-state index is 10.2. The van der Waals surface area contributed by atoms with Gasteiger partial charge in [0.2, 0.25) is 0 Å². The number of hydrogen-bond acceptors (Lipinski definition) is 6. The summed E-state index contributed by atoms with van der Waals surface area (Å²) in [5.41, 5.74) is 0. The molecule has 1 unspecified atom stereocenters. The number of aliphatic carboxylic acids is 3. The van der Waals surface area contributed by atoms with Crippen LogP contribution in [0.5, 0.6) is 0 Å². The van der Waals surface area contributed by atoms with Gasteiger partial charge in [0.05, 0.1) is 12.4 Å². The first-order chi connectivity index (χ1) is 19.4. The summed E-state index contributed by atoms with van der Waals surface area (Å²) in [4.78, 5) is 30.0. The third kappa shape index (κ3) is 45.0. The minimum atomic E-state index is -4.90. The molecule has 0 aromatic rings. The van der Waals surface area contributed by atoms with Gasteiger partial charge in [0.25, 0.3) is 10.1 Å². The van der Waals surface area contributed by atoms with Crippen LogP contribution in [-0.2, 0) is 24.5 Å². The molecule has 0 rings (SSSR count). The van der Waals surface area contributed by atoms with Gasteiger partial charge in [-0.3, -0.25) is 14.1 Å². The first kappa shape index (κ1) is 49.5. The Morgan fingerprint density at radius 2 is 0.952 bits per heavy atom.